The fraction of sp³-hybridized carbons (Fsp3) is 0.938. The van der Waals surface area contributed by atoms with E-state index < -0.39 is 0 Å². The molecule has 1 aliphatic carbocycles. The Bertz CT molecular complexity index is 356. The highest BCUT2D eigenvalue weighted by Gasteiger charge is 2.42. The molecule has 2 atom stereocenters. The Balaban J connectivity index is 1.46. The van der Waals surface area contributed by atoms with Gasteiger partial charge in [-0.3, -0.25) is 4.79 Å². The number of hydrogen-bond donors (Lipinski definition) is 0. The molecule has 2 heterocycles. The van der Waals surface area contributed by atoms with E-state index in [0.29, 0.717) is 6.61 Å². The van der Waals surface area contributed by atoms with Gasteiger partial charge < -0.3 is 18.9 Å². The topological polar surface area (TPSA) is 54.0 Å². The molecule has 0 aromatic rings. The first-order valence-electron chi connectivity index (χ1n) is 8.16. The number of ether oxygens (including phenoxy) is 4. The zero-order chi connectivity index (χ0) is 14.7. The molecule has 2 saturated heterocycles. The number of hydrogen-bond acceptors (Lipinski definition) is 5. The molecular weight excluding hydrogens is 272 g/mol. The van der Waals surface area contributed by atoms with E-state index in [1.807, 2.05) is 0 Å². The number of esters is 1. The van der Waals surface area contributed by atoms with Crippen LogP contribution in [0.2, 0.25) is 0 Å². The van der Waals surface area contributed by atoms with Gasteiger partial charge in [0, 0.05) is 26.1 Å². The summed E-state index contributed by atoms with van der Waals surface area (Å²) in [7, 11) is 1.47. The average Bonchev–Trinajstić information content (AvgIpc) is 2.95. The minimum absolute atomic E-state index is 0.0680. The van der Waals surface area contributed by atoms with Gasteiger partial charge in [-0.05, 0) is 32.1 Å². The fourth-order valence-corrected chi connectivity index (χ4v) is 3.84. The molecule has 120 valence electrons. The van der Waals surface area contributed by atoms with Crippen molar-refractivity contribution in [2.24, 2.45) is 5.92 Å². The zero-order valence-electron chi connectivity index (χ0n) is 12.8. The van der Waals surface area contributed by atoms with Crippen molar-refractivity contribution < 1.29 is 23.7 Å². The maximum atomic E-state index is 11.5. The van der Waals surface area contributed by atoms with Gasteiger partial charge in [-0.25, -0.2) is 0 Å². The first-order valence-corrected chi connectivity index (χ1v) is 8.16. The van der Waals surface area contributed by atoms with Crippen LogP contribution in [-0.2, 0) is 23.7 Å². The number of rotatable bonds is 3. The molecule has 0 radical (unpaired) electrons. The summed E-state index contributed by atoms with van der Waals surface area (Å²) in [5.41, 5.74) is -0.0911. The number of carbonyl (C=O) groups excluding carboxylic acids is 1. The fourth-order valence-electron chi connectivity index (χ4n) is 3.84. The second-order valence-electron chi connectivity index (χ2n) is 6.58. The van der Waals surface area contributed by atoms with Crippen LogP contribution < -0.4 is 0 Å². The molecule has 1 saturated carbocycles. The van der Waals surface area contributed by atoms with Crippen molar-refractivity contribution in [3.8, 4) is 0 Å². The summed E-state index contributed by atoms with van der Waals surface area (Å²) in [4.78, 5) is 11.5. The van der Waals surface area contributed by atoms with Gasteiger partial charge in [0.25, 0.3) is 0 Å². The second-order valence-corrected chi connectivity index (χ2v) is 6.58. The van der Waals surface area contributed by atoms with E-state index in [0.717, 1.165) is 58.2 Å². The average molecular weight is 298 g/mol. The van der Waals surface area contributed by atoms with Crippen LogP contribution in [0, 0.1) is 5.92 Å². The van der Waals surface area contributed by atoms with Gasteiger partial charge in [-0.2, -0.15) is 0 Å². The molecule has 0 aromatic carbocycles. The predicted molar refractivity (Wildman–Crippen MR) is 76.0 cm³/mol. The quantitative estimate of drug-likeness (QED) is 0.747. The normalized spacial score (nSPS) is 40.3. The molecule has 5 heteroatoms. The Morgan fingerprint density at radius 2 is 1.90 bits per heavy atom. The molecule has 2 unspecified atom stereocenters. The summed E-state index contributed by atoms with van der Waals surface area (Å²) in [6.07, 6.45) is 7.16. The lowest BCUT2D eigenvalue weighted by molar-refractivity contribution is -0.157. The van der Waals surface area contributed by atoms with Gasteiger partial charge in [0.15, 0.2) is 0 Å². The molecule has 1 spiro atoms. The minimum atomic E-state index is -0.0911. The van der Waals surface area contributed by atoms with Crippen LogP contribution in [-0.4, -0.2) is 50.7 Å². The number of methoxy groups -OCH3 is 1. The summed E-state index contributed by atoms with van der Waals surface area (Å²) < 4.78 is 22.6. The standard InChI is InChI=1S/C16H26O5/c1-18-15(17)12-2-4-13(5-3-12)21-14-6-8-20-16(10-14)7-9-19-11-16/h12-14H,2-11H2,1H3. The molecule has 3 rings (SSSR count). The lowest BCUT2D eigenvalue weighted by Gasteiger charge is -2.39. The Morgan fingerprint density at radius 3 is 2.57 bits per heavy atom. The van der Waals surface area contributed by atoms with E-state index in [-0.39, 0.29) is 29.7 Å². The Morgan fingerprint density at radius 1 is 1.10 bits per heavy atom. The van der Waals surface area contributed by atoms with Crippen LogP contribution in [0.5, 0.6) is 0 Å². The third-order valence-electron chi connectivity index (χ3n) is 5.11. The maximum absolute atomic E-state index is 11.5. The second kappa shape index (κ2) is 6.63. The third-order valence-corrected chi connectivity index (χ3v) is 5.11. The van der Waals surface area contributed by atoms with E-state index in [2.05, 4.69) is 0 Å². The molecule has 3 aliphatic rings. The maximum Gasteiger partial charge on any atom is 0.308 e. The summed E-state index contributed by atoms with van der Waals surface area (Å²) in [5.74, 6) is 0.000636. The van der Waals surface area contributed by atoms with Crippen LogP contribution in [0.3, 0.4) is 0 Å². The van der Waals surface area contributed by atoms with E-state index in [4.69, 9.17) is 18.9 Å². The molecule has 0 amide bonds. The molecule has 21 heavy (non-hydrogen) atoms. The zero-order valence-corrected chi connectivity index (χ0v) is 12.8. The van der Waals surface area contributed by atoms with Crippen molar-refractivity contribution in [1.29, 1.82) is 0 Å². The van der Waals surface area contributed by atoms with E-state index >= 15 is 0 Å². The summed E-state index contributed by atoms with van der Waals surface area (Å²) in [6.45, 7) is 2.28. The van der Waals surface area contributed by atoms with Crippen LogP contribution in [0.15, 0.2) is 0 Å². The van der Waals surface area contributed by atoms with Gasteiger partial charge in [-0.15, -0.1) is 0 Å². The van der Waals surface area contributed by atoms with Crippen molar-refractivity contribution in [1.82, 2.24) is 0 Å². The Hall–Kier alpha value is -0.650. The van der Waals surface area contributed by atoms with Gasteiger partial charge in [0.2, 0.25) is 0 Å². The van der Waals surface area contributed by atoms with Gasteiger partial charge in [-0.1, -0.05) is 0 Å². The van der Waals surface area contributed by atoms with Crippen molar-refractivity contribution in [3.05, 3.63) is 0 Å². The van der Waals surface area contributed by atoms with Crippen LogP contribution in [0.1, 0.15) is 44.9 Å². The molecule has 0 bridgehead atoms. The summed E-state index contributed by atoms with van der Waals surface area (Å²) >= 11 is 0. The largest absolute Gasteiger partial charge is 0.469 e. The molecule has 0 N–H and O–H groups in total. The molecular formula is C16H26O5. The first kappa shape index (κ1) is 15.3. The molecule has 3 fully saturated rings. The van der Waals surface area contributed by atoms with Crippen molar-refractivity contribution >= 4 is 5.97 Å². The monoisotopic (exact) mass is 298 g/mol. The van der Waals surface area contributed by atoms with Crippen molar-refractivity contribution in [2.45, 2.75) is 62.8 Å². The van der Waals surface area contributed by atoms with Gasteiger partial charge in [0.05, 0.1) is 37.4 Å². The summed E-state index contributed by atoms with van der Waals surface area (Å²) in [6, 6.07) is 0. The lowest BCUT2D eigenvalue weighted by atomic mass is 9.86. The highest BCUT2D eigenvalue weighted by Crippen LogP contribution is 2.36. The highest BCUT2D eigenvalue weighted by molar-refractivity contribution is 5.72. The van der Waals surface area contributed by atoms with E-state index in [9.17, 15) is 4.79 Å². The highest BCUT2D eigenvalue weighted by atomic mass is 16.6. The molecule has 5 nitrogen and oxygen atoms in total. The predicted octanol–water partition coefficient (Wildman–Crippen LogP) is 2.07. The lowest BCUT2D eigenvalue weighted by Crippen LogP contribution is -2.44. The van der Waals surface area contributed by atoms with Crippen LogP contribution in [0.25, 0.3) is 0 Å². The smallest absolute Gasteiger partial charge is 0.308 e. The molecule has 0 aromatic heterocycles. The minimum Gasteiger partial charge on any atom is -0.469 e. The first-order chi connectivity index (χ1) is 10.2. The van der Waals surface area contributed by atoms with Gasteiger partial charge >= 0.3 is 5.97 Å². The number of carbonyl (C=O) groups is 1. The summed E-state index contributed by atoms with van der Waals surface area (Å²) in [5, 5.41) is 0. The Labute approximate surface area is 126 Å². The van der Waals surface area contributed by atoms with Gasteiger partial charge in [0.1, 0.15) is 0 Å². The van der Waals surface area contributed by atoms with E-state index in [1.165, 1.54) is 7.11 Å². The SMILES string of the molecule is COC(=O)C1CCC(OC2CCOC3(CCOC3)C2)CC1. The third kappa shape index (κ3) is 3.58. The Kier molecular flexibility index (Phi) is 4.82. The van der Waals surface area contributed by atoms with E-state index in [1.54, 1.807) is 0 Å². The van der Waals surface area contributed by atoms with Crippen LogP contribution in [0.4, 0.5) is 0 Å². The van der Waals surface area contributed by atoms with Crippen LogP contribution >= 0.6 is 0 Å². The molecule has 2 aliphatic heterocycles. The van der Waals surface area contributed by atoms with Crippen molar-refractivity contribution in [2.75, 3.05) is 26.9 Å². The van der Waals surface area contributed by atoms with Crippen molar-refractivity contribution in [3.63, 3.8) is 0 Å².